The summed E-state index contributed by atoms with van der Waals surface area (Å²) in [5, 5.41) is 10.4. The third-order valence-electron chi connectivity index (χ3n) is 2.86. The van der Waals surface area contributed by atoms with Gasteiger partial charge in [-0.15, -0.1) is 0 Å². The summed E-state index contributed by atoms with van der Waals surface area (Å²) in [5.74, 6) is 0. The van der Waals surface area contributed by atoms with Crippen LogP contribution < -0.4 is 15.8 Å². The third-order valence-corrected chi connectivity index (χ3v) is 3.79. The lowest BCUT2D eigenvalue weighted by molar-refractivity contribution is 0.240. The van der Waals surface area contributed by atoms with Gasteiger partial charge in [-0.25, -0.2) is 18.4 Å². The average Bonchev–Trinajstić information content (AvgIpc) is 2.51. The number of carbonyl (C=O) groups excluding carboxylic acids is 1. The molecule has 0 aliphatic rings. The van der Waals surface area contributed by atoms with Crippen LogP contribution in [0, 0.1) is 0 Å². The van der Waals surface area contributed by atoms with Gasteiger partial charge in [0.05, 0.1) is 17.1 Å². The molecule has 2 amide bonds. The number of nitrogens with one attached hydrogen (secondary N) is 2. The number of amides is 2. The zero-order valence-corrected chi connectivity index (χ0v) is 12.5. The van der Waals surface area contributed by atoms with Crippen molar-refractivity contribution in [1.82, 2.24) is 15.6 Å². The molecule has 1 aromatic heterocycles. The smallest absolute Gasteiger partial charge is 0.315 e. The van der Waals surface area contributed by atoms with Gasteiger partial charge in [-0.1, -0.05) is 18.2 Å². The molecule has 0 unspecified atom stereocenters. The van der Waals surface area contributed by atoms with Crippen LogP contribution in [0.4, 0.5) is 4.79 Å². The Morgan fingerprint density at radius 2 is 1.73 bits per heavy atom. The molecule has 0 aliphatic heterocycles. The molecule has 1 heterocycles. The van der Waals surface area contributed by atoms with E-state index in [9.17, 15) is 13.2 Å². The first-order chi connectivity index (χ1) is 10.4. The van der Waals surface area contributed by atoms with E-state index in [-0.39, 0.29) is 17.5 Å². The summed E-state index contributed by atoms with van der Waals surface area (Å²) < 4.78 is 22.2. The van der Waals surface area contributed by atoms with Crippen molar-refractivity contribution >= 4 is 16.1 Å². The molecule has 2 rings (SSSR count). The highest BCUT2D eigenvalue weighted by Crippen LogP contribution is 2.08. The summed E-state index contributed by atoms with van der Waals surface area (Å²) in [6, 6.07) is 11.1. The van der Waals surface area contributed by atoms with Gasteiger partial charge in [0.25, 0.3) is 0 Å². The second-order valence-electron chi connectivity index (χ2n) is 4.55. The van der Waals surface area contributed by atoms with Crippen LogP contribution in [0.25, 0.3) is 0 Å². The van der Waals surface area contributed by atoms with Gasteiger partial charge in [-0.3, -0.25) is 4.98 Å². The molecule has 0 bridgehead atoms. The van der Waals surface area contributed by atoms with E-state index >= 15 is 0 Å². The first-order valence-corrected chi connectivity index (χ1v) is 8.03. The largest absolute Gasteiger partial charge is 0.334 e. The van der Waals surface area contributed by atoms with Crippen LogP contribution in [-0.4, -0.2) is 19.4 Å². The van der Waals surface area contributed by atoms with E-state index in [1.54, 1.807) is 24.4 Å². The Morgan fingerprint density at radius 3 is 2.32 bits per heavy atom. The Kier molecular flexibility index (Phi) is 5.08. The number of nitrogens with two attached hydrogens (primary N) is 1. The maximum Gasteiger partial charge on any atom is 0.315 e. The quantitative estimate of drug-likeness (QED) is 0.753. The van der Waals surface area contributed by atoms with Crippen molar-refractivity contribution in [2.45, 2.75) is 18.0 Å². The van der Waals surface area contributed by atoms with E-state index in [1.165, 1.54) is 12.1 Å². The molecule has 0 saturated heterocycles. The molecular weight excluding hydrogens is 304 g/mol. The van der Waals surface area contributed by atoms with Crippen LogP contribution in [0.1, 0.15) is 11.3 Å². The number of rotatable bonds is 5. The molecule has 0 atom stereocenters. The third kappa shape index (κ3) is 4.83. The number of carbonyl (C=O) groups is 1. The summed E-state index contributed by atoms with van der Waals surface area (Å²) in [6.07, 6.45) is 1.65. The second kappa shape index (κ2) is 7.01. The van der Waals surface area contributed by atoms with Crippen molar-refractivity contribution in [3.63, 3.8) is 0 Å². The zero-order valence-electron chi connectivity index (χ0n) is 11.7. The minimum Gasteiger partial charge on any atom is -0.334 e. The summed E-state index contributed by atoms with van der Waals surface area (Å²) in [5.41, 5.74) is 1.52. The standard InChI is InChI=1S/C14H16N4O3S/c15-22(20,21)13-6-4-11(5-7-13)9-17-14(19)18-10-12-3-1-2-8-16-12/h1-8H,9-10H2,(H2,15,20,21)(H2,17,18,19). The second-order valence-corrected chi connectivity index (χ2v) is 6.11. The molecule has 116 valence electrons. The molecule has 0 saturated carbocycles. The molecule has 8 heteroatoms. The average molecular weight is 320 g/mol. The number of urea groups is 1. The van der Waals surface area contributed by atoms with E-state index in [0.29, 0.717) is 6.54 Å². The first-order valence-electron chi connectivity index (χ1n) is 6.48. The Hall–Kier alpha value is -2.45. The van der Waals surface area contributed by atoms with Crippen LogP contribution in [0.3, 0.4) is 0 Å². The molecule has 22 heavy (non-hydrogen) atoms. The van der Waals surface area contributed by atoms with E-state index in [1.807, 2.05) is 12.1 Å². The fraction of sp³-hybridized carbons (Fsp3) is 0.143. The van der Waals surface area contributed by atoms with Crippen LogP contribution >= 0.6 is 0 Å². The SMILES string of the molecule is NS(=O)(=O)c1ccc(CNC(=O)NCc2ccccn2)cc1. The lowest BCUT2D eigenvalue weighted by Gasteiger charge is -2.08. The molecule has 1 aromatic carbocycles. The minimum absolute atomic E-state index is 0.0378. The molecule has 0 fully saturated rings. The van der Waals surface area contributed by atoms with Crippen LogP contribution in [0.2, 0.25) is 0 Å². The number of benzene rings is 1. The predicted octanol–water partition coefficient (Wildman–Crippen LogP) is 0.728. The van der Waals surface area contributed by atoms with Gasteiger partial charge in [0, 0.05) is 12.7 Å². The van der Waals surface area contributed by atoms with Crippen molar-refractivity contribution in [2.24, 2.45) is 5.14 Å². The monoisotopic (exact) mass is 320 g/mol. The molecule has 0 spiro atoms. The fourth-order valence-electron chi connectivity index (χ4n) is 1.72. The van der Waals surface area contributed by atoms with Gasteiger partial charge in [-0.2, -0.15) is 0 Å². The van der Waals surface area contributed by atoms with Crippen molar-refractivity contribution in [3.05, 3.63) is 59.9 Å². The number of sulfonamides is 1. The highest BCUT2D eigenvalue weighted by molar-refractivity contribution is 7.89. The molecular formula is C14H16N4O3S. The molecule has 2 aromatic rings. The van der Waals surface area contributed by atoms with Gasteiger partial charge in [0.2, 0.25) is 10.0 Å². The normalized spacial score (nSPS) is 11.0. The highest BCUT2D eigenvalue weighted by Gasteiger charge is 2.07. The van der Waals surface area contributed by atoms with Crippen molar-refractivity contribution in [3.8, 4) is 0 Å². The van der Waals surface area contributed by atoms with Crippen molar-refractivity contribution < 1.29 is 13.2 Å². The van der Waals surface area contributed by atoms with Crippen LogP contribution in [0.5, 0.6) is 0 Å². The number of primary sulfonamides is 1. The van der Waals surface area contributed by atoms with Crippen LogP contribution in [-0.2, 0) is 23.1 Å². The zero-order chi connectivity index (χ0) is 16.0. The molecule has 4 N–H and O–H groups in total. The van der Waals surface area contributed by atoms with Crippen molar-refractivity contribution in [2.75, 3.05) is 0 Å². The van der Waals surface area contributed by atoms with E-state index in [2.05, 4.69) is 15.6 Å². The minimum atomic E-state index is -3.70. The van der Waals surface area contributed by atoms with Gasteiger partial charge < -0.3 is 10.6 Å². The topological polar surface area (TPSA) is 114 Å². The first kappa shape index (κ1) is 15.9. The van der Waals surface area contributed by atoms with E-state index in [4.69, 9.17) is 5.14 Å². The van der Waals surface area contributed by atoms with Crippen molar-refractivity contribution in [1.29, 1.82) is 0 Å². The lowest BCUT2D eigenvalue weighted by atomic mass is 10.2. The number of nitrogens with zero attached hydrogens (tertiary/aromatic N) is 1. The van der Waals surface area contributed by atoms with E-state index in [0.717, 1.165) is 11.3 Å². The molecule has 0 radical (unpaired) electrons. The fourth-order valence-corrected chi connectivity index (χ4v) is 2.23. The predicted molar refractivity (Wildman–Crippen MR) is 81.1 cm³/mol. The maximum atomic E-state index is 11.7. The molecule has 7 nitrogen and oxygen atoms in total. The number of pyridine rings is 1. The summed E-state index contributed by atoms with van der Waals surface area (Å²) in [6.45, 7) is 0.607. The maximum absolute atomic E-state index is 11.7. The lowest BCUT2D eigenvalue weighted by Crippen LogP contribution is -2.34. The van der Waals surface area contributed by atoms with Gasteiger partial charge in [0.15, 0.2) is 0 Å². The van der Waals surface area contributed by atoms with Gasteiger partial charge >= 0.3 is 6.03 Å². The van der Waals surface area contributed by atoms with Gasteiger partial charge in [0.1, 0.15) is 0 Å². The highest BCUT2D eigenvalue weighted by atomic mass is 32.2. The Labute approximate surface area is 128 Å². The Morgan fingerprint density at radius 1 is 1.05 bits per heavy atom. The molecule has 0 aliphatic carbocycles. The van der Waals surface area contributed by atoms with Gasteiger partial charge in [-0.05, 0) is 29.8 Å². The Balaban J connectivity index is 1.81. The summed E-state index contributed by atoms with van der Waals surface area (Å²) in [4.78, 5) is 15.8. The Bertz CT molecular complexity index is 730. The summed E-state index contributed by atoms with van der Waals surface area (Å²) >= 11 is 0. The number of aromatic nitrogens is 1. The van der Waals surface area contributed by atoms with Crippen LogP contribution in [0.15, 0.2) is 53.6 Å². The number of hydrogen-bond donors (Lipinski definition) is 3. The number of hydrogen-bond acceptors (Lipinski definition) is 4. The van der Waals surface area contributed by atoms with E-state index < -0.39 is 10.0 Å². The summed E-state index contributed by atoms with van der Waals surface area (Å²) in [7, 11) is -3.70.